The predicted octanol–water partition coefficient (Wildman–Crippen LogP) is 3.56. The second-order valence-electron chi connectivity index (χ2n) is 2.86. The van der Waals surface area contributed by atoms with Crippen molar-refractivity contribution in [3.8, 4) is 0 Å². The molecule has 0 heterocycles. The van der Waals surface area contributed by atoms with Crippen LogP contribution in [0.2, 0.25) is 0 Å². The first-order valence-electron chi connectivity index (χ1n) is 4.16. The number of hydrogen-bond donors (Lipinski definition) is 0. The van der Waals surface area contributed by atoms with Gasteiger partial charge in [0.2, 0.25) is 0 Å². The van der Waals surface area contributed by atoms with Crippen LogP contribution in [0.1, 0.15) is 13.3 Å². The minimum atomic E-state index is 1.04. The van der Waals surface area contributed by atoms with Crippen molar-refractivity contribution in [3.63, 3.8) is 0 Å². The molecule has 0 unspecified atom stereocenters. The van der Waals surface area contributed by atoms with Crippen LogP contribution >= 0.6 is 0 Å². The summed E-state index contributed by atoms with van der Waals surface area (Å²) in [7, 11) is 0. The molecule has 0 aliphatic heterocycles. The molecule has 0 atom stereocenters. The topological polar surface area (TPSA) is 0 Å². The standard InChI is InChI=1S/C12H14/c1-3-7-11(2)10-12-8-5-4-6-9-12/h3-8,10H,1,9H2,2H3/b11-7-,12-10-. The highest BCUT2D eigenvalue weighted by Gasteiger charge is 1.92. The Kier molecular flexibility index (Phi) is 3.34. The van der Waals surface area contributed by atoms with Gasteiger partial charge < -0.3 is 0 Å². The van der Waals surface area contributed by atoms with Crippen LogP contribution < -0.4 is 0 Å². The Morgan fingerprint density at radius 2 is 2.33 bits per heavy atom. The summed E-state index contributed by atoms with van der Waals surface area (Å²) < 4.78 is 0. The quantitative estimate of drug-likeness (QED) is 0.539. The average molecular weight is 158 g/mol. The molecule has 1 aliphatic carbocycles. The van der Waals surface area contributed by atoms with E-state index in [-0.39, 0.29) is 0 Å². The first kappa shape index (κ1) is 8.79. The van der Waals surface area contributed by atoms with Gasteiger partial charge in [0.05, 0.1) is 0 Å². The lowest BCUT2D eigenvalue weighted by atomic mass is 10.1. The molecule has 0 amide bonds. The number of rotatable bonds is 2. The highest BCUT2D eigenvalue weighted by atomic mass is 14.0. The molecule has 0 bridgehead atoms. The summed E-state index contributed by atoms with van der Waals surface area (Å²) in [6.07, 6.45) is 15.5. The monoisotopic (exact) mass is 158 g/mol. The van der Waals surface area contributed by atoms with E-state index < -0.39 is 0 Å². The van der Waals surface area contributed by atoms with E-state index in [1.807, 2.05) is 12.2 Å². The van der Waals surface area contributed by atoms with E-state index in [0.717, 1.165) is 6.42 Å². The van der Waals surface area contributed by atoms with E-state index in [4.69, 9.17) is 0 Å². The van der Waals surface area contributed by atoms with Crippen LogP contribution in [0, 0.1) is 0 Å². The Bertz CT molecular complexity index is 272. The van der Waals surface area contributed by atoms with E-state index in [2.05, 4.69) is 43.9 Å². The lowest BCUT2D eigenvalue weighted by Crippen LogP contribution is -1.81. The van der Waals surface area contributed by atoms with Gasteiger partial charge in [-0.25, -0.2) is 0 Å². The van der Waals surface area contributed by atoms with E-state index in [1.165, 1.54) is 11.1 Å². The van der Waals surface area contributed by atoms with Crippen molar-refractivity contribution in [2.75, 3.05) is 0 Å². The van der Waals surface area contributed by atoms with Crippen molar-refractivity contribution < 1.29 is 0 Å². The Balaban J connectivity index is 2.69. The van der Waals surface area contributed by atoms with Gasteiger partial charge in [-0.05, 0) is 18.9 Å². The molecule has 12 heavy (non-hydrogen) atoms. The van der Waals surface area contributed by atoms with Gasteiger partial charge >= 0.3 is 0 Å². The first-order chi connectivity index (χ1) is 5.83. The summed E-state index contributed by atoms with van der Waals surface area (Å²) in [5, 5.41) is 0. The normalized spacial score (nSPS) is 20.1. The minimum Gasteiger partial charge on any atom is -0.0991 e. The molecule has 0 saturated heterocycles. The van der Waals surface area contributed by atoms with E-state index >= 15 is 0 Å². The molecule has 1 aliphatic rings. The van der Waals surface area contributed by atoms with Crippen molar-refractivity contribution >= 4 is 0 Å². The zero-order valence-electron chi connectivity index (χ0n) is 7.46. The molecule has 0 aromatic heterocycles. The van der Waals surface area contributed by atoms with Crippen molar-refractivity contribution in [1.29, 1.82) is 0 Å². The summed E-state index contributed by atoms with van der Waals surface area (Å²) in [6.45, 7) is 5.74. The van der Waals surface area contributed by atoms with Crippen LogP contribution in [-0.4, -0.2) is 0 Å². The zero-order chi connectivity index (χ0) is 8.81. The molecule has 0 fully saturated rings. The van der Waals surface area contributed by atoms with Crippen molar-refractivity contribution in [2.45, 2.75) is 13.3 Å². The molecular formula is C12H14. The van der Waals surface area contributed by atoms with E-state index in [1.54, 1.807) is 0 Å². The Hall–Kier alpha value is -1.30. The highest BCUT2D eigenvalue weighted by molar-refractivity contribution is 5.35. The van der Waals surface area contributed by atoms with E-state index in [9.17, 15) is 0 Å². The third-order valence-electron chi connectivity index (χ3n) is 1.70. The van der Waals surface area contributed by atoms with Gasteiger partial charge in [0.25, 0.3) is 0 Å². The molecular weight excluding hydrogens is 144 g/mol. The summed E-state index contributed by atoms with van der Waals surface area (Å²) in [4.78, 5) is 0. The largest absolute Gasteiger partial charge is 0.0991 e. The SMILES string of the molecule is C=C/C=C(C)\C=C1\C=CC=CC1. The van der Waals surface area contributed by atoms with Crippen LogP contribution in [0.25, 0.3) is 0 Å². The summed E-state index contributed by atoms with van der Waals surface area (Å²) in [5.41, 5.74) is 2.60. The molecule has 0 nitrogen and oxygen atoms in total. The van der Waals surface area contributed by atoms with Crippen molar-refractivity contribution in [2.24, 2.45) is 0 Å². The lowest BCUT2D eigenvalue weighted by Gasteiger charge is -2.01. The second kappa shape index (κ2) is 4.55. The van der Waals surface area contributed by atoms with Crippen LogP contribution in [-0.2, 0) is 0 Å². The molecule has 0 spiro atoms. The van der Waals surface area contributed by atoms with Crippen LogP contribution in [0.4, 0.5) is 0 Å². The molecule has 0 heteroatoms. The van der Waals surface area contributed by atoms with Gasteiger partial charge in [-0.3, -0.25) is 0 Å². The average Bonchev–Trinajstić information content (AvgIpc) is 2.06. The van der Waals surface area contributed by atoms with Crippen LogP contribution in [0.5, 0.6) is 0 Å². The fourth-order valence-electron chi connectivity index (χ4n) is 1.16. The van der Waals surface area contributed by atoms with E-state index in [0.29, 0.717) is 0 Å². The Morgan fingerprint density at radius 1 is 1.50 bits per heavy atom. The lowest BCUT2D eigenvalue weighted by molar-refractivity contribution is 1.25. The minimum absolute atomic E-state index is 1.04. The van der Waals surface area contributed by atoms with Gasteiger partial charge in [-0.2, -0.15) is 0 Å². The molecule has 62 valence electrons. The second-order valence-corrected chi connectivity index (χ2v) is 2.86. The molecule has 0 aromatic carbocycles. The maximum atomic E-state index is 3.66. The third kappa shape index (κ3) is 2.75. The smallest absolute Gasteiger partial charge is 0.00942 e. The number of allylic oxidation sites excluding steroid dienone is 9. The van der Waals surface area contributed by atoms with Crippen LogP contribution in [0.15, 0.2) is 60.3 Å². The van der Waals surface area contributed by atoms with Gasteiger partial charge in [-0.15, -0.1) is 0 Å². The highest BCUT2D eigenvalue weighted by Crippen LogP contribution is 2.12. The zero-order valence-corrected chi connectivity index (χ0v) is 7.46. The molecule has 0 N–H and O–H groups in total. The van der Waals surface area contributed by atoms with Gasteiger partial charge in [-0.1, -0.05) is 54.7 Å². The molecule has 0 aromatic rings. The maximum absolute atomic E-state index is 3.66. The summed E-state index contributed by atoms with van der Waals surface area (Å²) >= 11 is 0. The Morgan fingerprint density at radius 3 is 2.92 bits per heavy atom. The molecule has 0 radical (unpaired) electrons. The van der Waals surface area contributed by atoms with Crippen LogP contribution in [0.3, 0.4) is 0 Å². The fraction of sp³-hybridized carbons (Fsp3) is 0.167. The summed E-state index contributed by atoms with van der Waals surface area (Å²) in [6, 6.07) is 0. The third-order valence-corrected chi connectivity index (χ3v) is 1.70. The fourth-order valence-corrected chi connectivity index (χ4v) is 1.16. The first-order valence-corrected chi connectivity index (χ1v) is 4.16. The molecule has 1 rings (SSSR count). The number of hydrogen-bond acceptors (Lipinski definition) is 0. The summed E-state index contributed by atoms with van der Waals surface area (Å²) in [5.74, 6) is 0. The molecule has 0 saturated carbocycles. The van der Waals surface area contributed by atoms with Gasteiger partial charge in [0.15, 0.2) is 0 Å². The van der Waals surface area contributed by atoms with Crippen molar-refractivity contribution in [1.82, 2.24) is 0 Å². The maximum Gasteiger partial charge on any atom is -0.00942 e. The van der Waals surface area contributed by atoms with Gasteiger partial charge in [0, 0.05) is 0 Å². The Labute approximate surface area is 74.3 Å². The van der Waals surface area contributed by atoms with Gasteiger partial charge in [0.1, 0.15) is 0 Å². The predicted molar refractivity (Wildman–Crippen MR) is 54.9 cm³/mol. The van der Waals surface area contributed by atoms with Crippen molar-refractivity contribution in [3.05, 3.63) is 60.3 Å².